The number of rotatable bonds is 5. The number of urea groups is 1. The van der Waals surface area contributed by atoms with Gasteiger partial charge in [0, 0.05) is 18.3 Å². The van der Waals surface area contributed by atoms with Gasteiger partial charge < -0.3 is 20.1 Å². The van der Waals surface area contributed by atoms with Crippen LogP contribution >= 0.6 is 0 Å². The zero-order valence-corrected chi connectivity index (χ0v) is 12.4. The molecule has 0 aliphatic rings. The molecule has 0 saturated heterocycles. The Kier molecular flexibility index (Phi) is 5.19. The van der Waals surface area contributed by atoms with Crippen molar-refractivity contribution in [2.75, 3.05) is 19.5 Å². The van der Waals surface area contributed by atoms with Gasteiger partial charge in [0.15, 0.2) is 11.5 Å². The van der Waals surface area contributed by atoms with Crippen molar-refractivity contribution in [3.8, 4) is 11.5 Å². The van der Waals surface area contributed by atoms with E-state index in [1.165, 1.54) is 19.2 Å². The predicted octanol–water partition coefficient (Wildman–Crippen LogP) is 3.16. The van der Waals surface area contributed by atoms with E-state index in [-0.39, 0.29) is 11.8 Å². The second-order valence-electron chi connectivity index (χ2n) is 4.50. The molecule has 0 spiro atoms. The number of carbonyl (C=O) groups is 1. The minimum absolute atomic E-state index is 0.305. The van der Waals surface area contributed by atoms with Gasteiger partial charge in [-0.3, -0.25) is 0 Å². The van der Waals surface area contributed by atoms with Gasteiger partial charge >= 0.3 is 6.03 Å². The van der Waals surface area contributed by atoms with E-state index in [0.717, 1.165) is 5.56 Å². The Morgan fingerprint density at radius 2 is 1.73 bits per heavy atom. The summed E-state index contributed by atoms with van der Waals surface area (Å²) in [5.41, 5.74) is 1.39. The summed E-state index contributed by atoms with van der Waals surface area (Å²) in [7, 11) is 3.07. The number of anilines is 1. The molecule has 0 atom stereocenters. The highest BCUT2D eigenvalue weighted by molar-refractivity contribution is 5.89. The predicted molar refractivity (Wildman–Crippen MR) is 81.8 cm³/mol. The van der Waals surface area contributed by atoms with Crippen LogP contribution in [0.25, 0.3) is 0 Å². The van der Waals surface area contributed by atoms with Crippen molar-refractivity contribution in [2.45, 2.75) is 6.54 Å². The summed E-state index contributed by atoms with van der Waals surface area (Å²) in [4.78, 5) is 11.8. The Labute approximate surface area is 128 Å². The van der Waals surface area contributed by atoms with Crippen LogP contribution < -0.4 is 20.1 Å². The Balaban J connectivity index is 1.93. The monoisotopic (exact) mass is 304 g/mol. The highest BCUT2D eigenvalue weighted by Gasteiger charge is 2.07. The van der Waals surface area contributed by atoms with Gasteiger partial charge in [-0.05, 0) is 29.8 Å². The largest absolute Gasteiger partial charge is 0.493 e. The second-order valence-corrected chi connectivity index (χ2v) is 4.50. The molecule has 2 aromatic rings. The van der Waals surface area contributed by atoms with Crippen LogP contribution in [-0.4, -0.2) is 20.3 Å². The number of ether oxygens (including phenoxy) is 2. The van der Waals surface area contributed by atoms with Crippen LogP contribution in [0.5, 0.6) is 11.5 Å². The van der Waals surface area contributed by atoms with Crippen molar-refractivity contribution in [2.24, 2.45) is 0 Å². The van der Waals surface area contributed by atoms with Gasteiger partial charge in [0.1, 0.15) is 5.82 Å². The molecular weight excluding hydrogens is 287 g/mol. The fourth-order valence-electron chi connectivity index (χ4n) is 1.87. The normalized spacial score (nSPS) is 9.95. The third-order valence-electron chi connectivity index (χ3n) is 3.01. The molecular formula is C16H17FN2O3. The van der Waals surface area contributed by atoms with Crippen LogP contribution in [-0.2, 0) is 6.54 Å². The quantitative estimate of drug-likeness (QED) is 0.892. The van der Waals surface area contributed by atoms with E-state index >= 15 is 0 Å². The Hall–Kier alpha value is -2.76. The summed E-state index contributed by atoms with van der Waals surface area (Å²) >= 11 is 0. The molecule has 2 amide bonds. The first-order chi connectivity index (χ1) is 10.6. The average Bonchev–Trinajstić information content (AvgIpc) is 2.54. The van der Waals surface area contributed by atoms with Crippen molar-refractivity contribution in [3.63, 3.8) is 0 Å². The molecule has 116 valence electrons. The zero-order chi connectivity index (χ0) is 15.9. The summed E-state index contributed by atoms with van der Waals surface area (Å²) in [6.07, 6.45) is 0. The summed E-state index contributed by atoms with van der Waals surface area (Å²) < 4.78 is 23.1. The minimum atomic E-state index is -0.364. The number of hydrogen-bond acceptors (Lipinski definition) is 3. The van der Waals surface area contributed by atoms with Crippen molar-refractivity contribution in [1.82, 2.24) is 5.32 Å². The standard InChI is InChI=1S/C16H17FN2O3/c1-21-14-8-7-13(9-15(14)22-2)19-16(20)18-10-11-3-5-12(17)6-4-11/h3-9H,10H2,1-2H3,(H2,18,19,20). The molecule has 0 aliphatic heterocycles. The summed E-state index contributed by atoms with van der Waals surface area (Å²) in [6.45, 7) is 0.305. The van der Waals surface area contributed by atoms with E-state index in [2.05, 4.69) is 10.6 Å². The molecule has 22 heavy (non-hydrogen) atoms. The molecule has 0 bridgehead atoms. The van der Waals surface area contributed by atoms with E-state index < -0.39 is 0 Å². The number of benzene rings is 2. The van der Waals surface area contributed by atoms with E-state index in [1.54, 1.807) is 37.4 Å². The molecule has 0 saturated carbocycles. The molecule has 5 nitrogen and oxygen atoms in total. The van der Waals surface area contributed by atoms with Crippen LogP contribution in [0.2, 0.25) is 0 Å². The molecule has 2 rings (SSSR count). The third-order valence-corrected chi connectivity index (χ3v) is 3.01. The topological polar surface area (TPSA) is 59.6 Å². The maximum absolute atomic E-state index is 12.8. The lowest BCUT2D eigenvalue weighted by atomic mass is 10.2. The van der Waals surface area contributed by atoms with Crippen LogP contribution in [0.1, 0.15) is 5.56 Å². The zero-order valence-electron chi connectivity index (χ0n) is 12.4. The SMILES string of the molecule is COc1ccc(NC(=O)NCc2ccc(F)cc2)cc1OC. The molecule has 2 aromatic carbocycles. The van der Waals surface area contributed by atoms with E-state index in [9.17, 15) is 9.18 Å². The first-order valence-corrected chi connectivity index (χ1v) is 6.63. The first-order valence-electron chi connectivity index (χ1n) is 6.63. The van der Waals surface area contributed by atoms with Crippen LogP contribution in [0.4, 0.5) is 14.9 Å². The lowest BCUT2D eigenvalue weighted by Gasteiger charge is -2.11. The van der Waals surface area contributed by atoms with Crippen molar-refractivity contribution >= 4 is 11.7 Å². The first kappa shape index (κ1) is 15.6. The van der Waals surface area contributed by atoms with Crippen molar-refractivity contribution in [1.29, 1.82) is 0 Å². The van der Waals surface area contributed by atoms with Crippen molar-refractivity contribution < 1.29 is 18.7 Å². The number of nitrogens with one attached hydrogen (secondary N) is 2. The minimum Gasteiger partial charge on any atom is -0.493 e. The maximum atomic E-state index is 12.8. The lowest BCUT2D eigenvalue weighted by Crippen LogP contribution is -2.28. The van der Waals surface area contributed by atoms with Gasteiger partial charge in [0.2, 0.25) is 0 Å². The van der Waals surface area contributed by atoms with E-state index in [0.29, 0.717) is 23.7 Å². The van der Waals surface area contributed by atoms with Gasteiger partial charge in [0.25, 0.3) is 0 Å². The van der Waals surface area contributed by atoms with E-state index in [1.807, 2.05) is 0 Å². The number of amides is 2. The molecule has 0 fully saturated rings. The average molecular weight is 304 g/mol. The number of hydrogen-bond donors (Lipinski definition) is 2. The maximum Gasteiger partial charge on any atom is 0.319 e. The van der Waals surface area contributed by atoms with Gasteiger partial charge in [-0.15, -0.1) is 0 Å². The summed E-state index contributed by atoms with van der Waals surface area (Å²) in [6, 6.07) is 10.6. The molecule has 0 unspecified atom stereocenters. The fourth-order valence-corrected chi connectivity index (χ4v) is 1.87. The summed E-state index contributed by atoms with van der Waals surface area (Å²) in [5, 5.41) is 5.38. The smallest absolute Gasteiger partial charge is 0.319 e. The van der Waals surface area contributed by atoms with E-state index in [4.69, 9.17) is 9.47 Å². The number of carbonyl (C=O) groups excluding carboxylic acids is 1. The van der Waals surface area contributed by atoms with Crippen molar-refractivity contribution in [3.05, 3.63) is 53.8 Å². The van der Waals surface area contributed by atoms with Gasteiger partial charge in [-0.1, -0.05) is 12.1 Å². The van der Waals surface area contributed by atoms with Gasteiger partial charge in [-0.2, -0.15) is 0 Å². The Morgan fingerprint density at radius 3 is 2.36 bits per heavy atom. The number of methoxy groups -OCH3 is 2. The fraction of sp³-hybridized carbons (Fsp3) is 0.188. The van der Waals surface area contributed by atoms with Gasteiger partial charge in [0.05, 0.1) is 14.2 Å². The Morgan fingerprint density at radius 1 is 1.05 bits per heavy atom. The van der Waals surface area contributed by atoms with Crippen LogP contribution in [0.15, 0.2) is 42.5 Å². The van der Waals surface area contributed by atoms with Crippen LogP contribution in [0.3, 0.4) is 0 Å². The Bertz CT molecular complexity index is 644. The van der Waals surface area contributed by atoms with Crippen LogP contribution in [0, 0.1) is 5.82 Å². The molecule has 0 aliphatic carbocycles. The highest BCUT2D eigenvalue weighted by atomic mass is 19.1. The lowest BCUT2D eigenvalue weighted by molar-refractivity contribution is 0.251. The summed E-state index contributed by atoms with van der Waals surface area (Å²) in [5.74, 6) is 0.803. The highest BCUT2D eigenvalue weighted by Crippen LogP contribution is 2.29. The molecule has 6 heteroatoms. The molecule has 2 N–H and O–H groups in total. The second kappa shape index (κ2) is 7.31. The number of halogens is 1. The van der Waals surface area contributed by atoms with Gasteiger partial charge in [-0.25, -0.2) is 9.18 Å². The molecule has 0 heterocycles. The molecule has 0 radical (unpaired) electrons. The molecule has 0 aromatic heterocycles. The third kappa shape index (κ3) is 4.12.